The quantitative estimate of drug-likeness (QED) is 0.746. The molecule has 0 aliphatic rings. The van der Waals surface area contributed by atoms with Crippen molar-refractivity contribution in [3.63, 3.8) is 0 Å². The molecule has 2 aromatic rings. The SMILES string of the molecule is CCc1nc(C)sc1C(=O)NCc1nncn1CCCOC. The van der Waals surface area contributed by atoms with Gasteiger partial charge in [-0.15, -0.1) is 21.5 Å². The van der Waals surface area contributed by atoms with Gasteiger partial charge >= 0.3 is 0 Å². The van der Waals surface area contributed by atoms with E-state index in [9.17, 15) is 4.79 Å². The van der Waals surface area contributed by atoms with Crippen LogP contribution in [0, 0.1) is 6.92 Å². The largest absolute Gasteiger partial charge is 0.385 e. The van der Waals surface area contributed by atoms with Crippen molar-refractivity contribution in [1.82, 2.24) is 25.1 Å². The highest BCUT2D eigenvalue weighted by molar-refractivity contribution is 7.13. The second-order valence-corrected chi connectivity index (χ2v) is 6.04. The van der Waals surface area contributed by atoms with Crippen LogP contribution >= 0.6 is 11.3 Å². The number of amides is 1. The number of carbonyl (C=O) groups excluding carboxylic acids is 1. The van der Waals surface area contributed by atoms with Gasteiger partial charge in [0.05, 0.1) is 17.2 Å². The Morgan fingerprint density at radius 3 is 3.05 bits per heavy atom. The number of hydrogen-bond acceptors (Lipinski definition) is 6. The van der Waals surface area contributed by atoms with E-state index in [2.05, 4.69) is 20.5 Å². The molecule has 0 aliphatic heterocycles. The van der Waals surface area contributed by atoms with Gasteiger partial charge in [0, 0.05) is 20.3 Å². The summed E-state index contributed by atoms with van der Waals surface area (Å²) in [5.74, 6) is 0.637. The summed E-state index contributed by atoms with van der Waals surface area (Å²) >= 11 is 1.42. The summed E-state index contributed by atoms with van der Waals surface area (Å²) in [6, 6.07) is 0. The van der Waals surface area contributed by atoms with E-state index in [1.54, 1.807) is 13.4 Å². The molecule has 0 saturated carbocycles. The molecule has 22 heavy (non-hydrogen) atoms. The lowest BCUT2D eigenvalue weighted by Crippen LogP contribution is -2.25. The molecule has 8 heteroatoms. The molecule has 0 bridgehead atoms. The van der Waals surface area contributed by atoms with E-state index in [0.29, 0.717) is 18.0 Å². The molecule has 0 aliphatic carbocycles. The molecule has 2 aromatic heterocycles. The van der Waals surface area contributed by atoms with Crippen molar-refractivity contribution in [3.05, 3.63) is 27.7 Å². The number of carbonyl (C=O) groups is 1. The molecule has 0 atom stereocenters. The molecule has 0 fully saturated rings. The van der Waals surface area contributed by atoms with Crippen LogP contribution in [-0.4, -0.2) is 39.4 Å². The summed E-state index contributed by atoms with van der Waals surface area (Å²) < 4.78 is 6.96. The lowest BCUT2D eigenvalue weighted by Gasteiger charge is -2.07. The van der Waals surface area contributed by atoms with E-state index >= 15 is 0 Å². The molecule has 0 saturated heterocycles. The zero-order valence-corrected chi connectivity index (χ0v) is 13.9. The van der Waals surface area contributed by atoms with Crippen LogP contribution in [0.15, 0.2) is 6.33 Å². The van der Waals surface area contributed by atoms with Crippen molar-refractivity contribution in [1.29, 1.82) is 0 Å². The normalized spacial score (nSPS) is 10.9. The Balaban J connectivity index is 1.95. The van der Waals surface area contributed by atoms with Gasteiger partial charge in [-0.1, -0.05) is 6.92 Å². The minimum Gasteiger partial charge on any atom is -0.385 e. The van der Waals surface area contributed by atoms with Gasteiger partial charge in [-0.2, -0.15) is 0 Å². The molecular formula is C14H21N5O2S. The Morgan fingerprint density at radius 1 is 1.50 bits per heavy atom. The molecule has 7 nitrogen and oxygen atoms in total. The number of hydrogen-bond donors (Lipinski definition) is 1. The molecular weight excluding hydrogens is 302 g/mol. The second kappa shape index (κ2) is 8.00. The van der Waals surface area contributed by atoms with Crippen molar-refractivity contribution in [2.75, 3.05) is 13.7 Å². The minimum atomic E-state index is -0.103. The van der Waals surface area contributed by atoms with Crippen LogP contribution in [-0.2, 0) is 24.2 Å². The minimum absolute atomic E-state index is 0.103. The molecule has 0 aromatic carbocycles. The molecule has 0 unspecified atom stereocenters. The Morgan fingerprint density at radius 2 is 2.32 bits per heavy atom. The van der Waals surface area contributed by atoms with Crippen molar-refractivity contribution < 1.29 is 9.53 Å². The van der Waals surface area contributed by atoms with Crippen LogP contribution in [0.4, 0.5) is 0 Å². The van der Waals surface area contributed by atoms with Crippen molar-refractivity contribution >= 4 is 17.2 Å². The van der Waals surface area contributed by atoms with Gasteiger partial charge in [0.2, 0.25) is 0 Å². The summed E-state index contributed by atoms with van der Waals surface area (Å²) in [4.78, 5) is 17.3. The van der Waals surface area contributed by atoms with Crippen LogP contribution < -0.4 is 5.32 Å². The summed E-state index contributed by atoms with van der Waals surface area (Å²) in [5, 5.41) is 11.8. The van der Waals surface area contributed by atoms with Crippen LogP contribution in [0.5, 0.6) is 0 Å². The summed E-state index contributed by atoms with van der Waals surface area (Å²) in [6.45, 7) is 5.71. The Bertz CT molecular complexity index is 623. The fourth-order valence-corrected chi connectivity index (χ4v) is 3.03. The van der Waals surface area contributed by atoms with E-state index in [1.165, 1.54) is 11.3 Å². The molecule has 0 radical (unpaired) electrons. The number of aromatic nitrogens is 4. The maximum atomic E-state index is 12.3. The first kappa shape index (κ1) is 16.6. The highest BCUT2D eigenvalue weighted by Crippen LogP contribution is 2.18. The van der Waals surface area contributed by atoms with Gasteiger partial charge in [-0.25, -0.2) is 4.98 Å². The van der Waals surface area contributed by atoms with Crippen LogP contribution in [0.25, 0.3) is 0 Å². The fourth-order valence-electron chi connectivity index (χ4n) is 2.11. The standard InChI is InChI=1S/C14H21N5O2S/c1-4-11-13(22-10(2)17-11)14(20)15-8-12-18-16-9-19(12)6-5-7-21-3/h9H,4-8H2,1-3H3,(H,15,20). The third-order valence-corrected chi connectivity index (χ3v) is 4.21. The number of ether oxygens (including phenoxy) is 1. The molecule has 1 N–H and O–H groups in total. The van der Waals surface area contributed by atoms with E-state index in [1.807, 2.05) is 18.4 Å². The van der Waals surface area contributed by atoms with Gasteiger partial charge in [-0.05, 0) is 19.8 Å². The summed E-state index contributed by atoms with van der Waals surface area (Å²) in [7, 11) is 1.68. The Labute approximate surface area is 133 Å². The van der Waals surface area contributed by atoms with Gasteiger partial charge < -0.3 is 14.6 Å². The number of thiazole rings is 1. The zero-order chi connectivity index (χ0) is 15.9. The maximum Gasteiger partial charge on any atom is 0.263 e. The average Bonchev–Trinajstić information content (AvgIpc) is 3.11. The van der Waals surface area contributed by atoms with Crippen LogP contribution in [0.2, 0.25) is 0 Å². The maximum absolute atomic E-state index is 12.3. The summed E-state index contributed by atoms with van der Waals surface area (Å²) in [6.07, 6.45) is 3.30. The smallest absolute Gasteiger partial charge is 0.263 e. The highest BCUT2D eigenvalue weighted by Gasteiger charge is 2.16. The van der Waals surface area contributed by atoms with E-state index in [-0.39, 0.29) is 5.91 Å². The van der Waals surface area contributed by atoms with Crippen LogP contribution in [0.1, 0.15) is 39.5 Å². The number of nitrogens with zero attached hydrogens (tertiary/aromatic N) is 4. The lowest BCUT2D eigenvalue weighted by atomic mass is 10.3. The van der Waals surface area contributed by atoms with E-state index in [4.69, 9.17) is 4.74 Å². The topological polar surface area (TPSA) is 81.9 Å². The average molecular weight is 323 g/mol. The number of rotatable bonds is 8. The van der Waals surface area contributed by atoms with Crippen molar-refractivity contribution in [2.24, 2.45) is 0 Å². The van der Waals surface area contributed by atoms with Gasteiger partial charge in [-0.3, -0.25) is 4.79 Å². The molecule has 0 spiro atoms. The first-order chi connectivity index (χ1) is 10.7. The number of aryl methyl sites for hydroxylation is 3. The van der Waals surface area contributed by atoms with E-state index < -0.39 is 0 Å². The second-order valence-electron chi connectivity index (χ2n) is 4.83. The molecule has 2 heterocycles. The molecule has 2 rings (SSSR count). The Kier molecular flexibility index (Phi) is 6.02. The van der Waals surface area contributed by atoms with E-state index in [0.717, 1.165) is 35.9 Å². The third kappa shape index (κ3) is 4.11. The van der Waals surface area contributed by atoms with Crippen molar-refractivity contribution in [3.8, 4) is 0 Å². The third-order valence-electron chi connectivity index (χ3n) is 3.20. The van der Waals surface area contributed by atoms with Crippen molar-refractivity contribution in [2.45, 2.75) is 39.8 Å². The lowest BCUT2D eigenvalue weighted by molar-refractivity contribution is 0.0952. The van der Waals surface area contributed by atoms with Crippen LogP contribution in [0.3, 0.4) is 0 Å². The zero-order valence-electron chi connectivity index (χ0n) is 13.1. The predicted octanol–water partition coefficient (Wildman–Crippen LogP) is 1.57. The number of nitrogens with one attached hydrogen (secondary N) is 1. The first-order valence-electron chi connectivity index (χ1n) is 7.25. The predicted molar refractivity (Wildman–Crippen MR) is 83.9 cm³/mol. The molecule has 120 valence electrons. The Hall–Kier alpha value is -1.80. The molecule has 1 amide bonds. The summed E-state index contributed by atoms with van der Waals surface area (Å²) in [5.41, 5.74) is 0.849. The highest BCUT2D eigenvalue weighted by atomic mass is 32.1. The monoisotopic (exact) mass is 323 g/mol. The fraction of sp³-hybridized carbons (Fsp3) is 0.571. The van der Waals surface area contributed by atoms with Gasteiger partial charge in [0.15, 0.2) is 5.82 Å². The van der Waals surface area contributed by atoms with Gasteiger partial charge in [0.25, 0.3) is 5.91 Å². The number of methoxy groups -OCH3 is 1. The first-order valence-corrected chi connectivity index (χ1v) is 8.07. The van der Waals surface area contributed by atoms with Gasteiger partial charge in [0.1, 0.15) is 11.2 Å².